The van der Waals surface area contributed by atoms with Crippen LogP contribution in [0.15, 0.2) is 48.2 Å². The third kappa shape index (κ3) is 3.47. The molecule has 0 atom stereocenters. The van der Waals surface area contributed by atoms with Gasteiger partial charge < -0.3 is 15.2 Å². The number of amides is 3. The molecule has 0 radical (unpaired) electrons. The molecule has 1 aliphatic rings. The first-order chi connectivity index (χ1) is 12.0. The summed E-state index contributed by atoms with van der Waals surface area (Å²) in [6.45, 7) is 2.18. The van der Waals surface area contributed by atoms with Gasteiger partial charge in [0.05, 0.1) is 13.7 Å². The molecule has 6 heteroatoms. The molecule has 3 amide bonds. The number of imide groups is 1. The van der Waals surface area contributed by atoms with E-state index in [0.717, 1.165) is 16.0 Å². The van der Waals surface area contributed by atoms with E-state index in [0.29, 0.717) is 11.3 Å². The summed E-state index contributed by atoms with van der Waals surface area (Å²) in [5, 5.41) is 12.4. The number of urea groups is 1. The van der Waals surface area contributed by atoms with E-state index < -0.39 is 11.9 Å². The number of hydrogen-bond donors (Lipinski definition) is 2. The van der Waals surface area contributed by atoms with Gasteiger partial charge in [0.1, 0.15) is 5.70 Å². The maximum Gasteiger partial charge on any atom is 0.329 e. The lowest BCUT2D eigenvalue weighted by Gasteiger charge is -2.11. The van der Waals surface area contributed by atoms with Gasteiger partial charge in [-0.25, -0.2) is 4.79 Å². The average Bonchev–Trinajstić information content (AvgIpc) is 2.84. The SMILES string of the molecule is COc1ccc(/C=C2/NC(=O)N(Cc3ccc(C)cc3)C2=O)cc1O. The average molecular weight is 338 g/mol. The highest BCUT2D eigenvalue weighted by Crippen LogP contribution is 2.27. The van der Waals surface area contributed by atoms with E-state index in [4.69, 9.17) is 4.74 Å². The number of phenols is 1. The van der Waals surface area contributed by atoms with Crippen molar-refractivity contribution in [3.8, 4) is 11.5 Å². The van der Waals surface area contributed by atoms with Crippen LogP contribution in [0.3, 0.4) is 0 Å². The van der Waals surface area contributed by atoms with Gasteiger partial charge in [0, 0.05) is 0 Å². The Labute approximate surface area is 145 Å². The molecule has 2 aromatic carbocycles. The Balaban J connectivity index is 1.80. The van der Waals surface area contributed by atoms with E-state index in [2.05, 4.69) is 5.32 Å². The third-order valence-corrected chi connectivity index (χ3v) is 3.94. The predicted molar refractivity (Wildman–Crippen MR) is 92.9 cm³/mol. The van der Waals surface area contributed by atoms with Gasteiger partial charge in [-0.3, -0.25) is 9.69 Å². The molecular formula is C19H18N2O4. The Morgan fingerprint density at radius 1 is 1.16 bits per heavy atom. The van der Waals surface area contributed by atoms with Crippen molar-refractivity contribution in [2.24, 2.45) is 0 Å². The lowest BCUT2D eigenvalue weighted by Crippen LogP contribution is -2.30. The minimum absolute atomic E-state index is 0.0369. The van der Waals surface area contributed by atoms with E-state index in [1.807, 2.05) is 31.2 Å². The predicted octanol–water partition coefficient (Wildman–Crippen LogP) is 2.80. The Hall–Kier alpha value is -3.28. The van der Waals surface area contributed by atoms with Crippen molar-refractivity contribution < 1.29 is 19.4 Å². The summed E-state index contributed by atoms with van der Waals surface area (Å²) in [7, 11) is 1.46. The second-order valence-electron chi connectivity index (χ2n) is 5.80. The van der Waals surface area contributed by atoms with Gasteiger partial charge >= 0.3 is 6.03 Å². The van der Waals surface area contributed by atoms with E-state index in [9.17, 15) is 14.7 Å². The molecule has 0 aromatic heterocycles. The van der Waals surface area contributed by atoms with Gasteiger partial charge in [0.25, 0.3) is 5.91 Å². The molecule has 3 rings (SSSR count). The zero-order valence-electron chi connectivity index (χ0n) is 13.9. The lowest BCUT2D eigenvalue weighted by molar-refractivity contribution is -0.123. The molecular weight excluding hydrogens is 320 g/mol. The minimum Gasteiger partial charge on any atom is -0.504 e. The molecule has 1 saturated heterocycles. The van der Waals surface area contributed by atoms with Gasteiger partial charge in [-0.1, -0.05) is 35.9 Å². The fourth-order valence-corrected chi connectivity index (χ4v) is 2.55. The first-order valence-electron chi connectivity index (χ1n) is 7.75. The van der Waals surface area contributed by atoms with Crippen LogP contribution in [0.25, 0.3) is 6.08 Å². The van der Waals surface area contributed by atoms with Crippen LogP contribution < -0.4 is 10.1 Å². The molecule has 0 bridgehead atoms. The number of methoxy groups -OCH3 is 1. The van der Waals surface area contributed by atoms with Crippen LogP contribution in [0.4, 0.5) is 4.79 Å². The van der Waals surface area contributed by atoms with E-state index in [-0.39, 0.29) is 18.0 Å². The van der Waals surface area contributed by atoms with Crippen molar-refractivity contribution in [1.82, 2.24) is 10.2 Å². The zero-order chi connectivity index (χ0) is 18.0. The summed E-state index contributed by atoms with van der Waals surface area (Å²) in [6.07, 6.45) is 1.52. The fraction of sp³-hybridized carbons (Fsp3) is 0.158. The fourth-order valence-electron chi connectivity index (χ4n) is 2.55. The highest BCUT2D eigenvalue weighted by molar-refractivity contribution is 6.13. The van der Waals surface area contributed by atoms with Crippen molar-refractivity contribution in [3.63, 3.8) is 0 Å². The molecule has 1 aliphatic heterocycles. The number of carbonyl (C=O) groups is 2. The van der Waals surface area contributed by atoms with Crippen LogP contribution in [0, 0.1) is 6.92 Å². The van der Waals surface area contributed by atoms with Crippen molar-refractivity contribution in [2.45, 2.75) is 13.5 Å². The number of benzene rings is 2. The molecule has 1 heterocycles. The maximum atomic E-state index is 12.5. The molecule has 2 N–H and O–H groups in total. The quantitative estimate of drug-likeness (QED) is 0.664. The van der Waals surface area contributed by atoms with Crippen molar-refractivity contribution in [1.29, 1.82) is 0 Å². The topological polar surface area (TPSA) is 78.9 Å². The molecule has 0 unspecified atom stereocenters. The van der Waals surface area contributed by atoms with Crippen molar-refractivity contribution in [2.75, 3.05) is 7.11 Å². The van der Waals surface area contributed by atoms with E-state index >= 15 is 0 Å². The van der Waals surface area contributed by atoms with Gasteiger partial charge in [0.2, 0.25) is 0 Å². The van der Waals surface area contributed by atoms with Crippen LogP contribution >= 0.6 is 0 Å². The third-order valence-electron chi connectivity index (χ3n) is 3.94. The Kier molecular flexibility index (Phi) is 4.43. The summed E-state index contributed by atoms with van der Waals surface area (Å²) in [4.78, 5) is 25.7. The number of phenolic OH excluding ortho intramolecular Hbond substituents is 1. The summed E-state index contributed by atoms with van der Waals surface area (Å²) < 4.78 is 4.98. The first-order valence-corrected chi connectivity index (χ1v) is 7.75. The molecule has 128 valence electrons. The van der Waals surface area contributed by atoms with Crippen LogP contribution in [-0.2, 0) is 11.3 Å². The second-order valence-corrected chi connectivity index (χ2v) is 5.80. The van der Waals surface area contributed by atoms with Gasteiger partial charge in [0.15, 0.2) is 11.5 Å². The highest BCUT2D eigenvalue weighted by Gasteiger charge is 2.33. The van der Waals surface area contributed by atoms with Gasteiger partial charge in [-0.15, -0.1) is 0 Å². The Bertz CT molecular complexity index is 856. The lowest BCUT2D eigenvalue weighted by atomic mass is 10.1. The van der Waals surface area contributed by atoms with Gasteiger partial charge in [-0.2, -0.15) is 0 Å². The van der Waals surface area contributed by atoms with Crippen molar-refractivity contribution in [3.05, 3.63) is 64.9 Å². The number of nitrogens with zero attached hydrogens (tertiary/aromatic N) is 1. The monoisotopic (exact) mass is 338 g/mol. The molecule has 1 fully saturated rings. The molecule has 25 heavy (non-hydrogen) atoms. The van der Waals surface area contributed by atoms with Gasteiger partial charge in [-0.05, 0) is 36.3 Å². The highest BCUT2D eigenvalue weighted by atomic mass is 16.5. The normalized spacial score (nSPS) is 15.6. The second kappa shape index (κ2) is 6.68. The zero-order valence-corrected chi connectivity index (χ0v) is 13.9. The number of nitrogens with one attached hydrogen (secondary N) is 1. The molecule has 0 spiro atoms. The molecule has 0 aliphatic carbocycles. The summed E-state index contributed by atoms with van der Waals surface area (Å²) in [6, 6.07) is 11.9. The summed E-state index contributed by atoms with van der Waals surface area (Å²) >= 11 is 0. The minimum atomic E-state index is -0.463. The van der Waals surface area contributed by atoms with Crippen LogP contribution in [0.2, 0.25) is 0 Å². The smallest absolute Gasteiger partial charge is 0.329 e. The van der Waals surface area contributed by atoms with Crippen molar-refractivity contribution >= 4 is 18.0 Å². The van der Waals surface area contributed by atoms with E-state index in [1.165, 1.54) is 19.3 Å². The number of ether oxygens (including phenoxy) is 1. The Morgan fingerprint density at radius 2 is 1.88 bits per heavy atom. The van der Waals surface area contributed by atoms with Crippen LogP contribution in [0.5, 0.6) is 11.5 Å². The maximum absolute atomic E-state index is 12.5. The number of rotatable bonds is 4. The Morgan fingerprint density at radius 3 is 2.52 bits per heavy atom. The van der Waals surface area contributed by atoms with E-state index in [1.54, 1.807) is 12.1 Å². The van der Waals surface area contributed by atoms with Crippen LogP contribution in [0.1, 0.15) is 16.7 Å². The first kappa shape index (κ1) is 16.6. The summed E-state index contributed by atoms with van der Waals surface area (Å²) in [5.74, 6) is -0.101. The number of aryl methyl sites for hydroxylation is 1. The summed E-state index contributed by atoms with van der Waals surface area (Å²) in [5.41, 5.74) is 2.74. The van der Waals surface area contributed by atoms with Crippen LogP contribution in [-0.4, -0.2) is 29.1 Å². The number of hydrogen-bond acceptors (Lipinski definition) is 4. The molecule has 0 saturated carbocycles. The largest absolute Gasteiger partial charge is 0.504 e. The standard InChI is InChI=1S/C19H18N2O4/c1-12-3-5-13(6-4-12)11-21-18(23)15(20-19(21)24)9-14-7-8-17(25-2)16(22)10-14/h3-10,22H,11H2,1-2H3,(H,20,24)/b15-9+. The number of aromatic hydroxyl groups is 1. The molecule has 6 nitrogen and oxygen atoms in total. The number of carbonyl (C=O) groups excluding carboxylic acids is 2. The molecule has 2 aromatic rings.